The topological polar surface area (TPSA) is 18.5 Å². The van der Waals surface area contributed by atoms with Crippen molar-refractivity contribution in [2.45, 2.75) is 58.0 Å². The van der Waals surface area contributed by atoms with Crippen LogP contribution >= 0.6 is 0 Å². The highest BCUT2D eigenvalue weighted by Crippen LogP contribution is 2.31. The highest BCUT2D eigenvalue weighted by atomic mass is 28.3. The third-order valence-electron chi connectivity index (χ3n) is 2.41. The Morgan fingerprint density at radius 3 is 2.20 bits per heavy atom. The van der Waals surface area contributed by atoms with Crippen molar-refractivity contribution in [1.82, 2.24) is 0 Å². The SMILES string of the molecule is CCCCC[Si](OCCOC)C(C)(C)C. The summed E-state index contributed by atoms with van der Waals surface area (Å²) in [6.45, 7) is 10.6. The van der Waals surface area contributed by atoms with Gasteiger partial charge in [0.25, 0.3) is 0 Å². The zero-order valence-electron chi connectivity index (χ0n) is 11.1. The summed E-state index contributed by atoms with van der Waals surface area (Å²) in [4.78, 5) is 0. The van der Waals surface area contributed by atoms with E-state index >= 15 is 0 Å². The van der Waals surface area contributed by atoms with Crippen LogP contribution < -0.4 is 0 Å². The second kappa shape index (κ2) is 8.31. The van der Waals surface area contributed by atoms with Gasteiger partial charge in [0.2, 0.25) is 9.04 Å². The second-order valence-corrected chi connectivity index (χ2v) is 8.11. The van der Waals surface area contributed by atoms with Gasteiger partial charge in [-0.25, -0.2) is 0 Å². The van der Waals surface area contributed by atoms with Crippen LogP contribution in [0.5, 0.6) is 0 Å². The van der Waals surface area contributed by atoms with Gasteiger partial charge in [-0.15, -0.1) is 0 Å². The van der Waals surface area contributed by atoms with Crippen LogP contribution in [-0.4, -0.2) is 29.4 Å². The van der Waals surface area contributed by atoms with E-state index in [0.717, 1.165) is 13.2 Å². The summed E-state index contributed by atoms with van der Waals surface area (Å²) in [7, 11) is 1.04. The van der Waals surface area contributed by atoms with Crippen LogP contribution in [0.2, 0.25) is 11.1 Å². The van der Waals surface area contributed by atoms with Crippen LogP contribution in [0.4, 0.5) is 0 Å². The third-order valence-corrected chi connectivity index (χ3v) is 5.44. The molecule has 0 rings (SSSR count). The van der Waals surface area contributed by atoms with Crippen molar-refractivity contribution in [3.8, 4) is 0 Å². The summed E-state index contributed by atoms with van der Waals surface area (Å²) >= 11 is 0. The summed E-state index contributed by atoms with van der Waals surface area (Å²) in [5.74, 6) is 0. The quantitative estimate of drug-likeness (QED) is 0.469. The zero-order valence-corrected chi connectivity index (χ0v) is 12.1. The molecule has 0 saturated carbocycles. The average Bonchev–Trinajstić information content (AvgIpc) is 2.14. The number of hydrogen-bond acceptors (Lipinski definition) is 2. The molecule has 0 amide bonds. The van der Waals surface area contributed by atoms with E-state index in [1.807, 2.05) is 0 Å². The number of methoxy groups -OCH3 is 1. The molecular weight excluding hydrogens is 204 g/mol. The first-order valence-electron chi connectivity index (χ1n) is 6.00. The molecular formula is C12H27O2Si. The summed E-state index contributed by atoms with van der Waals surface area (Å²) in [6.07, 6.45) is 3.93. The van der Waals surface area contributed by atoms with Crippen LogP contribution in [0.3, 0.4) is 0 Å². The first-order chi connectivity index (χ1) is 7.02. The maximum absolute atomic E-state index is 5.97. The molecule has 0 fully saturated rings. The maximum atomic E-state index is 5.97. The molecule has 0 aromatic heterocycles. The van der Waals surface area contributed by atoms with Gasteiger partial charge in [0, 0.05) is 7.11 Å². The number of hydrogen-bond donors (Lipinski definition) is 0. The van der Waals surface area contributed by atoms with Gasteiger partial charge < -0.3 is 9.16 Å². The van der Waals surface area contributed by atoms with E-state index in [0.29, 0.717) is 5.04 Å². The predicted molar refractivity (Wildman–Crippen MR) is 67.6 cm³/mol. The minimum Gasteiger partial charge on any atom is -0.414 e. The molecule has 0 spiro atoms. The Balaban J connectivity index is 3.85. The Bertz CT molecular complexity index is 133. The summed E-state index contributed by atoms with van der Waals surface area (Å²) in [5.41, 5.74) is 0. The van der Waals surface area contributed by atoms with Gasteiger partial charge in [0.15, 0.2) is 0 Å². The van der Waals surface area contributed by atoms with Crippen molar-refractivity contribution in [2.75, 3.05) is 20.3 Å². The van der Waals surface area contributed by atoms with E-state index < -0.39 is 9.04 Å². The van der Waals surface area contributed by atoms with Crippen LogP contribution in [0, 0.1) is 0 Å². The zero-order chi connectivity index (χ0) is 11.7. The van der Waals surface area contributed by atoms with E-state index in [1.54, 1.807) is 7.11 Å². The first kappa shape index (κ1) is 15.1. The van der Waals surface area contributed by atoms with Gasteiger partial charge >= 0.3 is 0 Å². The molecule has 0 unspecified atom stereocenters. The molecule has 91 valence electrons. The van der Waals surface area contributed by atoms with Crippen molar-refractivity contribution in [3.05, 3.63) is 0 Å². The Hall–Kier alpha value is 0.137. The van der Waals surface area contributed by atoms with E-state index in [2.05, 4.69) is 27.7 Å². The van der Waals surface area contributed by atoms with Gasteiger partial charge in [-0.2, -0.15) is 0 Å². The van der Waals surface area contributed by atoms with Gasteiger partial charge in [-0.05, 0) is 11.1 Å². The minimum absolute atomic E-state index is 0.339. The molecule has 2 nitrogen and oxygen atoms in total. The molecule has 0 aliphatic rings. The number of unbranched alkanes of at least 4 members (excludes halogenated alkanes) is 2. The molecule has 0 N–H and O–H groups in total. The Labute approximate surface area is 97.1 Å². The highest BCUT2D eigenvalue weighted by Gasteiger charge is 2.28. The van der Waals surface area contributed by atoms with Crippen LogP contribution in [-0.2, 0) is 9.16 Å². The van der Waals surface area contributed by atoms with Crippen LogP contribution in [0.1, 0.15) is 47.0 Å². The number of ether oxygens (including phenoxy) is 1. The van der Waals surface area contributed by atoms with E-state index in [1.165, 1.54) is 25.3 Å². The van der Waals surface area contributed by atoms with Crippen molar-refractivity contribution in [3.63, 3.8) is 0 Å². The fourth-order valence-corrected chi connectivity index (χ4v) is 3.68. The Kier molecular flexibility index (Phi) is 8.38. The molecule has 0 aromatic carbocycles. The lowest BCUT2D eigenvalue weighted by Crippen LogP contribution is -2.30. The van der Waals surface area contributed by atoms with Crippen molar-refractivity contribution >= 4 is 9.04 Å². The van der Waals surface area contributed by atoms with Gasteiger partial charge in [0.05, 0.1) is 13.2 Å². The fourth-order valence-electron chi connectivity index (χ4n) is 1.45. The molecule has 0 saturated heterocycles. The largest absolute Gasteiger partial charge is 0.414 e. The fraction of sp³-hybridized carbons (Fsp3) is 1.00. The lowest BCUT2D eigenvalue weighted by molar-refractivity contribution is 0.142. The highest BCUT2D eigenvalue weighted by molar-refractivity contribution is 6.55. The summed E-state index contributed by atoms with van der Waals surface area (Å²) < 4.78 is 11.0. The lowest BCUT2D eigenvalue weighted by Gasteiger charge is -2.28. The van der Waals surface area contributed by atoms with Crippen molar-refractivity contribution in [2.24, 2.45) is 0 Å². The lowest BCUT2D eigenvalue weighted by atomic mass is 10.2. The van der Waals surface area contributed by atoms with Gasteiger partial charge in [-0.3, -0.25) is 0 Å². The summed E-state index contributed by atoms with van der Waals surface area (Å²) in [5, 5.41) is 0.339. The van der Waals surface area contributed by atoms with Gasteiger partial charge in [0.1, 0.15) is 0 Å². The number of rotatable bonds is 8. The second-order valence-electron chi connectivity index (χ2n) is 4.97. The average molecular weight is 231 g/mol. The molecule has 15 heavy (non-hydrogen) atoms. The monoisotopic (exact) mass is 231 g/mol. The third kappa shape index (κ3) is 8.00. The molecule has 0 heterocycles. The van der Waals surface area contributed by atoms with E-state index in [-0.39, 0.29) is 0 Å². The molecule has 3 heteroatoms. The van der Waals surface area contributed by atoms with E-state index in [9.17, 15) is 0 Å². The normalized spacial score (nSPS) is 12.4. The first-order valence-corrected chi connectivity index (χ1v) is 7.62. The molecule has 0 aromatic rings. The molecule has 0 aliphatic heterocycles. The maximum Gasteiger partial charge on any atom is 0.217 e. The summed E-state index contributed by atoms with van der Waals surface area (Å²) in [6, 6.07) is 1.27. The minimum atomic E-state index is -0.685. The Morgan fingerprint density at radius 1 is 1.07 bits per heavy atom. The smallest absolute Gasteiger partial charge is 0.217 e. The van der Waals surface area contributed by atoms with Crippen molar-refractivity contribution < 1.29 is 9.16 Å². The Morgan fingerprint density at radius 2 is 1.73 bits per heavy atom. The van der Waals surface area contributed by atoms with Crippen LogP contribution in [0.25, 0.3) is 0 Å². The van der Waals surface area contributed by atoms with Gasteiger partial charge in [-0.1, -0.05) is 47.0 Å². The molecule has 0 bridgehead atoms. The molecule has 0 atom stereocenters. The molecule has 1 radical (unpaired) electrons. The molecule has 0 aliphatic carbocycles. The van der Waals surface area contributed by atoms with Crippen molar-refractivity contribution in [1.29, 1.82) is 0 Å². The van der Waals surface area contributed by atoms with Crippen LogP contribution in [0.15, 0.2) is 0 Å². The predicted octanol–water partition coefficient (Wildman–Crippen LogP) is 3.63. The standard InChI is InChI=1S/C12H27O2Si/c1-6-7-8-11-15(12(2,3)4)14-10-9-13-5/h6-11H2,1-5H3. The van der Waals surface area contributed by atoms with E-state index in [4.69, 9.17) is 9.16 Å².